The highest BCUT2D eigenvalue weighted by Gasteiger charge is 2.38. The molecule has 0 radical (unpaired) electrons. The van der Waals surface area contributed by atoms with Crippen molar-refractivity contribution in [3.05, 3.63) is 36.4 Å². The average molecular weight is 323 g/mol. The van der Waals surface area contributed by atoms with Crippen LogP contribution in [-0.2, 0) is 0 Å². The zero-order chi connectivity index (χ0) is 15.7. The molecule has 0 amide bonds. The fourth-order valence-corrected chi connectivity index (χ4v) is 3.37. The van der Waals surface area contributed by atoms with Crippen LogP contribution in [0.5, 0.6) is 5.75 Å². The summed E-state index contributed by atoms with van der Waals surface area (Å²) in [6.07, 6.45) is -0.232. The Kier molecular flexibility index (Phi) is 4.39. The second-order valence-corrected chi connectivity index (χ2v) is 6.31. The summed E-state index contributed by atoms with van der Waals surface area (Å²) in [6.45, 7) is 1.87. The molecular formula is C15H17NO5S. The van der Waals surface area contributed by atoms with Crippen LogP contribution < -0.4 is 4.74 Å². The molecular weight excluding hydrogens is 306 g/mol. The minimum atomic E-state index is -1.22. The second-order valence-electron chi connectivity index (χ2n) is 5.18. The smallest absolute Gasteiger partial charge is 0.173 e. The lowest BCUT2D eigenvalue weighted by molar-refractivity contribution is -0.0785. The number of pyridine rings is 1. The molecule has 1 saturated heterocycles. The third-order valence-electron chi connectivity index (χ3n) is 3.49. The van der Waals surface area contributed by atoms with E-state index in [0.717, 1.165) is 11.3 Å². The highest BCUT2D eigenvalue weighted by molar-refractivity contribution is 7.99. The molecule has 3 heterocycles. The van der Waals surface area contributed by atoms with Crippen molar-refractivity contribution in [2.45, 2.75) is 30.7 Å². The van der Waals surface area contributed by atoms with Crippen molar-refractivity contribution >= 4 is 11.8 Å². The Hall–Kier alpha value is -1.54. The van der Waals surface area contributed by atoms with Crippen LogP contribution in [0.1, 0.15) is 5.69 Å². The number of furan rings is 1. The van der Waals surface area contributed by atoms with E-state index in [2.05, 4.69) is 4.98 Å². The van der Waals surface area contributed by atoms with E-state index in [1.807, 2.05) is 13.0 Å². The first-order chi connectivity index (χ1) is 10.6. The number of aliphatic hydroxyl groups is 3. The SMILES string of the molecule is Cc1ccc(O[C@H]2SC[C@@H](O)[C@H](O)[C@H]2O)c(-c2ccoc2)n1. The van der Waals surface area contributed by atoms with Gasteiger partial charge >= 0.3 is 0 Å². The quantitative estimate of drug-likeness (QED) is 0.780. The van der Waals surface area contributed by atoms with E-state index >= 15 is 0 Å². The molecule has 0 bridgehead atoms. The molecule has 0 spiro atoms. The highest BCUT2D eigenvalue weighted by Crippen LogP contribution is 2.34. The maximum absolute atomic E-state index is 10.1. The zero-order valence-corrected chi connectivity index (χ0v) is 12.7. The van der Waals surface area contributed by atoms with E-state index < -0.39 is 23.7 Å². The summed E-state index contributed by atoms with van der Waals surface area (Å²) >= 11 is 1.25. The van der Waals surface area contributed by atoms with Crippen LogP contribution in [-0.4, -0.2) is 49.8 Å². The van der Waals surface area contributed by atoms with Crippen LogP contribution in [0.25, 0.3) is 11.3 Å². The monoisotopic (exact) mass is 323 g/mol. The minimum absolute atomic E-state index is 0.295. The molecule has 3 N–H and O–H groups in total. The largest absolute Gasteiger partial charge is 0.475 e. The number of rotatable bonds is 3. The first-order valence-corrected chi connectivity index (χ1v) is 7.94. The van der Waals surface area contributed by atoms with Gasteiger partial charge in [0, 0.05) is 17.0 Å². The van der Waals surface area contributed by atoms with E-state index in [1.54, 1.807) is 24.7 Å². The fraction of sp³-hybridized carbons (Fsp3) is 0.400. The van der Waals surface area contributed by atoms with Gasteiger partial charge in [-0.05, 0) is 25.1 Å². The standard InChI is InChI=1S/C15H17NO5S/c1-8-2-3-11(12(16-8)9-4-5-20-6-9)21-15-14(19)13(18)10(17)7-22-15/h2-6,10,13-15,17-19H,7H2,1H3/t10-,13+,14-,15+/m1/s1. The summed E-state index contributed by atoms with van der Waals surface area (Å²) in [4.78, 5) is 4.45. The summed E-state index contributed by atoms with van der Waals surface area (Å²) in [7, 11) is 0. The number of hydrogen-bond acceptors (Lipinski definition) is 7. The van der Waals surface area contributed by atoms with Gasteiger partial charge in [0.25, 0.3) is 0 Å². The van der Waals surface area contributed by atoms with Crippen LogP contribution in [0.2, 0.25) is 0 Å². The maximum Gasteiger partial charge on any atom is 0.173 e. The molecule has 4 atom stereocenters. The Bertz CT molecular complexity index is 633. The average Bonchev–Trinajstić information content (AvgIpc) is 3.03. The second kappa shape index (κ2) is 6.29. The molecule has 0 aliphatic carbocycles. The van der Waals surface area contributed by atoms with E-state index in [1.165, 1.54) is 11.8 Å². The molecule has 0 aromatic carbocycles. The van der Waals surface area contributed by atoms with E-state index in [4.69, 9.17) is 9.15 Å². The summed E-state index contributed by atoms with van der Waals surface area (Å²) in [5.41, 5.74) is 1.54. The lowest BCUT2D eigenvalue weighted by Crippen LogP contribution is -2.50. The minimum Gasteiger partial charge on any atom is -0.475 e. The number of aromatic nitrogens is 1. The van der Waals surface area contributed by atoms with Crippen LogP contribution in [0.3, 0.4) is 0 Å². The van der Waals surface area contributed by atoms with E-state index in [9.17, 15) is 15.3 Å². The van der Waals surface area contributed by atoms with Crippen molar-refractivity contribution in [3.8, 4) is 17.0 Å². The number of ether oxygens (including phenoxy) is 1. The third kappa shape index (κ3) is 2.98. The van der Waals surface area contributed by atoms with Gasteiger partial charge in [0.1, 0.15) is 23.7 Å². The van der Waals surface area contributed by atoms with Gasteiger partial charge in [-0.2, -0.15) is 0 Å². The molecule has 3 rings (SSSR count). The molecule has 118 valence electrons. The predicted molar refractivity (Wildman–Crippen MR) is 81.6 cm³/mol. The van der Waals surface area contributed by atoms with Gasteiger partial charge < -0.3 is 24.5 Å². The topological polar surface area (TPSA) is 96.0 Å². The van der Waals surface area contributed by atoms with Crippen molar-refractivity contribution in [1.29, 1.82) is 0 Å². The van der Waals surface area contributed by atoms with Crippen molar-refractivity contribution < 1.29 is 24.5 Å². The first-order valence-electron chi connectivity index (χ1n) is 6.89. The Labute approximate surface area is 131 Å². The lowest BCUT2D eigenvalue weighted by Gasteiger charge is -2.34. The van der Waals surface area contributed by atoms with Crippen molar-refractivity contribution in [1.82, 2.24) is 4.98 Å². The summed E-state index contributed by atoms with van der Waals surface area (Å²) in [5.74, 6) is 0.788. The molecule has 1 aliphatic heterocycles. The van der Waals surface area contributed by atoms with Crippen LogP contribution >= 0.6 is 11.8 Å². The van der Waals surface area contributed by atoms with Gasteiger partial charge in [-0.15, -0.1) is 11.8 Å². The maximum atomic E-state index is 10.1. The molecule has 1 aliphatic rings. The number of aliphatic hydroxyl groups excluding tert-OH is 3. The van der Waals surface area contributed by atoms with Crippen LogP contribution in [0, 0.1) is 6.92 Å². The molecule has 0 saturated carbocycles. The highest BCUT2D eigenvalue weighted by atomic mass is 32.2. The Morgan fingerprint density at radius 3 is 2.77 bits per heavy atom. The summed E-state index contributed by atoms with van der Waals surface area (Å²) < 4.78 is 10.9. The van der Waals surface area contributed by atoms with Gasteiger partial charge in [-0.1, -0.05) is 0 Å². The molecule has 2 aromatic heterocycles. The van der Waals surface area contributed by atoms with Crippen molar-refractivity contribution in [2.75, 3.05) is 5.75 Å². The number of thioether (sulfide) groups is 1. The van der Waals surface area contributed by atoms with Gasteiger partial charge in [0.05, 0.1) is 18.6 Å². The first kappa shape index (κ1) is 15.4. The Balaban J connectivity index is 1.87. The summed E-state index contributed by atoms with van der Waals surface area (Å²) in [6, 6.07) is 5.36. The predicted octanol–water partition coefficient (Wildman–Crippen LogP) is 1.18. The van der Waals surface area contributed by atoms with Gasteiger partial charge in [0.2, 0.25) is 0 Å². The van der Waals surface area contributed by atoms with Crippen LogP contribution in [0.4, 0.5) is 0 Å². The zero-order valence-electron chi connectivity index (χ0n) is 11.9. The third-order valence-corrected chi connectivity index (χ3v) is 4.73. The van der Waals surface area contributed by atoms with E-state index in [-0.39, 0.29) is 0 Å². The molecule has 7 heteroatoms. The molecule has 2 aromatic rings. The van der Waals surface area contributed by atoms with Gasteiger partial charge in [-0.25, -0.2) is 4.98 Å². The van der Waals surface area contributed by atoms with E-state index in [0.29, 0.717) is 17.2 Å². The van der Waals surface area contributed by atoms with Gasteiger partial charge in [-0.3, -0.25) is 0 Å². The molecule has 1 fully saturated rings. The van der Waals surface area contributed by atoms with Gasteiger partial charge in [0.15, 0.2) is 5.44 Å². The van der Waals surface area contributed by atoms with Crippen molar-refractivity contribution in [2.24, 2.45) is 0 Å². The van der Waals surface area contributed by atoms with Crippen LogP contribution in [0.15, 0.2) is 35.1 Å². The fourth-order valence-electron chi connectivity index (χ4n) is 2.25. The summed E-state index contributed by atoms with van der Waals surface area (Å²) in [5, 5.41) is 29.4. The Morgan fingerprint density at radius 1 is 1.23 bits per heavy atom. The normalized spacial score (nSPS) is 28.5. The molecule has 22 heavy (non-hydrogen) atoms. The molecule has 0 unspecified atom stereocenters. The molecule has 6 nitrogen and oxygen atoms in total. The number of aryl methyl sites for hydroxylation is 1. The number of nitrogens with zero attached hydrogens (tertiary/aromatic N) is 1. The lowest BCUT2D eigenvalue weighted by atomic mass is 10.1. The Morgan fingerprint density at radius 2 is 2.05 bits per heavy atom. The number of hydrogen-bond donors (Lipinski definition) is 3. The van der Waals surface area contributed by atoms with Crippen molar-refractivity contribution in [3.63, 3.8) is 0 Å².